The summed E-state index contributed by atoms with van der Waals surface area (Å²) >= 11 is 0. The van der Waals surface area contributed by atoms with E-state index in [1.807, 2.05) is 19.1 Å². The molecule has 0 aliphatic carbocycles. The minimum absolute atomic E-state index is 0.155. The lowest BCUT2D eigenvalue weighted by molar-refractivity contribution is -0.137. The fourth-order valence-corrected chi connectivity index (χ4v) is 1.86. The van der Waals surface area contributed by atoms with Crippen molar-refractivity contribution >= 4 is 0 Å². The fraction of sp³-hybridized carbons (Fsp3) is 0.200. The molecule has 0 heterocycles. The summed E-state index contributed by atoms with van der Waals surface area (Å²) in [6.45, 7) is 2.00. The summed E-state index contributed by atoms with van der Waals surface area (Å²) in [5.41, 5.74) is 1.09. The highest BCUT2D eigenvalue weighted by Crippen LogP contribution is 2.36. The SMILES string of the molecule is CCc1ccc(-c2cc(C(F)(F)F)ccc2O)cc1. The molecule has 0 spiro atoms. The van der Waals surface area contributed by atoms with Gasteiger partial charge in [0, 0.05) is 5.56 Å². The Morgan fingerprint density at radius 1 is 1.00 bits per heavy atom. The largest absolute Gasteiger partial charge is 0.507 e. The van der Waals surface area contributed by atoms with Gasteiger partial charge in [-0.1, -0.05) is 31.2 Å². The van der Waals surface area contributed by atoms with Crippen LogP contribution < -0.4 is 0 Å². The van der Waals surface area contributed by atoms with Crippen molar-refractivity contribution in [2.75, 3.05) is 0 Å². The molecule has 0 atom stereocenters. The molecule has 0 aromatic heterocycles. The van der Waals surface area contributed by atoms with Crippen LogP contribution in [-0.4, -0.2) is 5.11 Å². The van der Waals surface area contributed by atoms with Crippen LogP contribution >= 0.6 is 0 Å². The van der Waals surface area contributed by atoms with Crippen molar-refractivity contribution in [2.24, 2.45) is 0 Å². The van der Waals surface area contributed by atoms with Crippen molar-refractivity contribution in [3.63, 3.8) is 0 Å². The second-order valence-electron chi connectivity index (χ2n) is 4.28. The van der Waals surface area contributed by atoms with Gasteiger partial charge in [0.1, 0.15) is 5.75 Å². The lowest BCUT2D eigenvalue weighted by Gasteiger charge is -2.11. The quantitative estimate of drug-likeness (QED) is 0.839. The molecule has 0 radical (unpaired) electrons. The number of aromatic hydroxyl groups is 1. The fourth-order valence-electron chi connectivity index (χ4n) is 1.86. The number of halogens is 3. The summed E-state index contributed by atoms with van der Waals surface area (Å²) in [4.78, 5) is 0. The van der Waals surface area contributed by atoms with Crippen LogP contribution in [0.5, 0.6) is 5.75 Å². The van der Waals surface area contributed by atoms with E-state index >= 15 is 0 Å². The molecule has 2 aromatic rings. The van der Waals surface area contributed by atoms with Gasteiger partial charge in [0.05, 0.1) is 5.56 Å². The molecule has 4 heteroatoms. The smallest absolute Gasteiger partial charge is 0.416 e. The van der Waals surface area contributed by atoms with Gasteiger partial charge in [-0.25, -0.2) is 0 Å². The van der Waals surface area contributed by atoms with Gasteiger partial charge in [0.2, 0.25) is 0 Å². The van der Waals surface area contributed by atoms with Crippen molar-refractivity contribution in [2.45, 2.75) is 19.5 Å². The summed E-state index contributed by atoms with van der Waals surface area (Å²) in [5, 5.41) is 9.71. The molecule has 1 N–H and O–H groups in total. The maximum Gasteiger partial charge on any atom is 0.416 e. The molecule has 0 aliphatic heterocycles. The second-order valence-corrected chi connectivity index (χ2v) is 4.28. The van der Waals surface area contributed by atoms with Gasteiger partial charge in [0.25, 0.3) is 0 Å². The van der Waals surface area contributed by atoms with E-state index in [1.165, 1.54) is 0 Å². The first-order valence-electron chi connectivity index (χ1n) is 5.91. The third kappa shape index (κ3) is 2.89. The number of hydrogen-bond donors (Lipinski definition) is 1. The third-order valence-electron chi connectivity index (χ3n) is 3.00. The van der Waals surface area contributed by atoms with E-state index in [1.54, 1.807) is 12.1 Å². The standard InChI is InChI=1S/C15H13F3O/c1-2-10-3-5-11(6-4-10)13-9-12(15(16,17)18)7-8-14(13)19/h3-9,19H,2H2,1H3. The average Bonchev–Trinajstić information content (AvgIpc) is 2.38. The van der Waals surface area contributed by atoms with Gasteiger partial charge in [-0.15, -0.1) is 0 Å². The number of rotatable bonds is 2. The maximum absolute atomic E-state index is 12.7. The van der Waals surface area contributed by atoms with Crippen molar-refractivity contribution in [3.8, 4) is 16.9 Å². The topological polar surface area (TPSA) is 20.2 Å². The van der Waals surface area contributed by atoms with E-state index in [4.69, 9.17) is 0 Å². The first-order chi connectivity index (χ1) is 8.91. The molecule has 0 fully saturated rings. The number of phenols is 1. The van der Waals surface area contributed by atoms with Crippen LogP contribution in [0, 0.1) is 0 Å². The molecular weight excluding hydrogens is 253 g/mol. The average molecular weight is 266 g/mol. The van der Waals surface area contributed by atoms with Gasteiger partial charge in [-0.3, -0.25) is 0 Å². The number of hydrogen-bond acceptors (Lipinski definition) is 1. The molecule has 0 saturated carbocycles. The van der Waals surface area contributed by atoms with Crippen LogP contribution in [0.1, 0.15) is 18.1 Å². The van der Waals surface area contributed by atoms with Crippen LogP contribution in [0.25, 0.3) is 11.1 Å². The molecule has 0 aliphatic rings. The van der Waals surface area contributed by atoms with Gasteiger partial charge in [-0.05, 0) is 35.7 Å². The maximum atomic E-state index is 12.7. The molecule has 0 bridgehead atoms. The summed E-state index contributed by atoms with van der Waals surface area (Å²) in [7, 11) is 0. The Kier molecular flexibility index (Phi) is 3.51. The summed E-state index contributed by atoms with van der Waals surface area (Å²) in [5.74, 6) is -0.155. The number of phenolic OH excluding ortho intramolecular Hbond substituents is 1. The lowest BCUT2D eigenvalue weighted by atomic mass is 10.00. The van der Waals surface area contributed by atoms with E-state index in [0.717, 1.165) is 30.2 Å². The Labute approximate surface area is 109 Å². The zero-order valence-corrected chi connectivity index (χ0v) is 10.3. The van der Waals surface area contributed by atoms with Crippen LogP contribution in [0.2, 0.25) is 0 Å². The normalized spacial score (nSPS) is 11.6. The van der Waals surface area contributed by atoms with Crippen molar-refractivity contribution < 1.29 is 18.3 Å². The van der Waals surface area contributed by atoms with E-state index in [-0.39, 0.29) is 11.3 Å². The summed E-state index contributed by atoms with van der Waals surface area (Å²) in [6.07, 6.45) is -3.55. The van der Waals surface area contributed by atoms with Crippen LogP contribution in [0.15, 0.2) is 42.5 Å². The van der Waals surface area contributed by atoms with Crippen LogP contribution in [-0.2, 0) is 12.6 Å². The van der Waals surface area contributed by atoms with Crippen LogP contribution in [0.4, 0.5) is 13.2 Å². The van der Waals surface area contributed by atoms with E-state index in [0.29, 0.717) is 5.56 Å². The van der Waals surface area contributed by atoms with Gasteiger partial charge >= 0.3 is 6.18 Å². The molecule has 0 unspecified atom stereocenters. The molecule has 0 amide bonds. The second kappa shape index (κ2) is 4.96. The molecule has 1 nitrogen and oxygen atoms in total. The monoisotopic (exact) mass is 266 g/mol. The Morgan fingerprint density at radius 2 is 1.63 bits per heavy atom. The highest BCUT2D eigenvalue weighted by atomic mass is 19.4. The van der Waals surface area contributed by atoms with Gasteiger partial charge in [-0.2, -0.15) is 13.2 Å². The zero-order valence-electron chi connectivity index (χ0n) is 10.3. The van der Waals surface area contributed by atoms with Crippen molar-refractivity contribution in [1.29, 1.82) is 0 Å². The third-order valence-corrected chi connectivity index (χ3v) is 3.00. The van der Waals surface area contributed by atoms with Gasteiger partial charge < -0.3 is 5.11 Å². The van der Waals surface area contributed by atoms with E-state index in [2.05, 4.69) is 0 Å². The minimum Gasteiger partial charge on any atom is -0.507 e. The molecular formula is C15H13F3O. The Balaban J connectivity index is 2.48. The minimum atomic E-state index is -4.41. The summed E-state index contributed by atoms with van der Waals surface area (Å²) < 4.78 is 38.0. The van der Waals surface area contributed by atoms with E-state index < -0.39 is 11.7 Å². The first-order valence-corrected chi connectivity index (χ1v) is 5.91. The molecule has 100 valence electrons. The van der Waals surface area contributed by atoms with Crippen LogP contribution in [0.3, 0.4) is 0 Å². The number of aryl methyl sites for hydroxylation is 1. The highest BCUT2D eigenvalue weighted by molar-refractivity contribution is 5.71. The van der Waals surface area contributed by atoms with Crippen molar-refractivity contribution in [3.05, 3.63) is 53.6 Å². The predicted molar refractivity (Wildman–Crippen MR) is 67.9 cm³/mol. The van der Waals surface area contributed by atoms with Crippen molar-refractivity contribution in [1.82, 2.24) is 0 Å². The first kappa shape index (κ1) is 13.5. The molecule has 2 aromatic carbocycles. The molecule has 0 saturated heterocycles. The Morgan fingerprint density at radius 3 is 2.16 bits per heavy atom. The predicted octanol–water partition coefficient (Wildman–Crippen LogP) is 4.64. The Hall–Kier alpha value is -1.97. The zero-order chi connectivity index (χ0) is 14.0. The number of benzene rings is 2. The molecule has 2 rings (SSSR count). The Bertz CT molecular complexity index is 571. The summed E-state index contributed by atoms with van der Waals surface area (Å²) in [6, 6.07) is 10.0. The number of alkyl halides is 3. The molecule has 19 heavy (non-hydrogen) atoms. The highest BCUT2D eigenvalue weighted by Gasteiger charge is 2.31. The van der Waals surface area contributed by atoms with E-state index in [9.17, 15) is 18.3 Å². The lowest BCUT2D eigenvalue weighted by Crippen LogP contribution is -2.04. The van der Waals surface area contributed by atoms with Gasteiger partial charge in [0.15, 0.2) is 0 Å².